The Kier molecular flexibility index (Phi) is 5.77. The predicted molar refractivity (Wildman–Crippen MR) is 224 cm³/mol. The summed E-state index contributed by atoms with van der Waals surface area (Å²) in [7, 11) is 0. The van der Waals surface area contributed by atoms with Crippen LogP contribution < -0.4 is 0 Å². The van der Waals surface area contributed by atoms with E-state index < -0.39 is 0 Å². The largest absolute Gasteiger partial charge is 0.456 e. The number of para-hydroxylation sites is 4. The van der Waals surface area contributed by atoms with Crippen molar-refractivity contribution in [2.75, 3.05) is 0 Å². The lowest BCUT2D eigenvalue weighted by Crippen LogP contribution is -2.06. The summed E-state index contributed by atoms with van der Waals surface area (Å²) in [4.78, 5) is 15.9. The first-order chi connectivity index (χ1) is 27.8. The van der Waals surface area contributed by atoms with Crippen molar-refractivity contribution in [3.63, 3.8) is 0 Å². The van der Waals surface area contributed by atoms with Gasteiger partial charge in [0.2, 0.25) is 5.95 Å². The van der Waals surface area contributed by atoms with Crippen LogP contribution >= 0.6 is 0 Å². The van der Waals surface area contributed by atoms with Crippen molar-refractivity contribution in [2.24, 2.45) is 0 Å². The Labute approximate surface area is 316 Å². The number of hydrogen-bond donors (Lipinski definition) is 0. The van der Waals surface area contributed by atoms with Crippen LogP contribution in [0.15, 0.2) is 171 Å². The fourth-order valence-electron chi connectivity index (χ4n) is 8.94. The van der Waals surface area contributed by atoms with Crippen molar-refractivity contribution < 1.29 is 13.3 Å². The van der Waals surface area contributed by atoms with Crippen molar-refractivity contribution >= 4 is 98.4 Å². The van der Waals surface area contributed by atoms with Crippen molar-refractivity contribution in [1.82, 2.24) is 19.5 Å². The van der Waals surface area contributed by atoms with Gasteiger partial charge in [0.05, 0.1) is 16.4 Å². The zero-order valence-corrected chi connectivity index (χ0v) is 29.5. The topological polar surface area (TPSA) is 83.0 Å². The van der Waals surface area contributed by atoms with Gasteiger partial charge in [0.1, 0.15) is 33.5 Å². The number of nitrogens with zero attached hydrogens (tertiary/aromatic N) is 4. The summed E-state index contributed by atoms with van der Waals surface area (Å²) in [6, 6.07) is 53.5. The molecule has 7 nitrogen and oxygen atoms in total. The van der Waals surface area contributed by atoms with Crippen LogP contribution in [0.5, 0.6) is 0 Å². The van der Waals surface area contributed by atoms with Crippen LogP contribution in [0.4, 0.5) is 0 Å². The molecule has 0 saturated carbocycles. The number of rotatable bonds is 3. The van der Waals surface area contributed by atoms with Crippen LogP contribution in [0.3, 0.4) is 0 Å². The maximum Gasteiger partial charge on any atom is 0.238 e. The summed E-state index contributed by atoms with van der Waals surface area (Å²) in [5.41, 5.74) is 8.55. The number of hydrogen-bond acceptors (Lipinski definition) is 6. The second-order valence-electron chi connectivity index (χ2n) is 14.3. The minimum Gasteiger partial charge on any atom is -0.456 e. The van der Waals surface area contributed by atoms with E-state index in [0.717, 1.165) is 110 Å². The normalized spacial score (nSPS) is 12.3. The third-order valence-corrected chi connectivity index (χ3v) is 11.2. The van der Waals surface area contributed by atoms with E-state index in [1.54, 1.807) is 0 Å². The molecule has 0 N–H and O–H groups in total. The highest BCUT2D eigenvalue weighted by atomic mass is 16.3. The Morgan fingerprint density at radius 2 is 0.946 bits per heavy atom. The zero-order chi connectivity index (χ0) is 36.5. The first-order valence-electron chi connectivity index (χ1n) is 18.6. The molecule has 0 radical (unpaired) electrons. The highest BCUT2D eigenvalue weighted by Gasteiger charge is 2.27. The second kappa shape index (κ2) is 10.9. The second-order valence-corrected chi connectivity index (χ2v) is 14.3. The summed E-state index contributed by atoms with van der Waals surface area (Å²) in [5, 5.41) is 10.3. The first kappa shape index (κ1) is 29.7. The lowest BCUT2D eigenvalue weighted by Gasteiger charge is -2.13. The van der Waals surface area contributed by atoms with E-state index in [4.69, 9.17) is 28.2 Å². The number of benzene rings is 8. The standard InChI is InChI=1S/C49H26N4O3/c1-2-13-27(14-3-1)47-50-48(33-19-12-24-38-40(33)29-16-5-9-21-35(29)54-38)52-49(51-47)53-34-20-8-4-15-28(34)44-45(53)32-25-26-39-41(30-17-6-10-22-36(30)55-39)42(32)43-31-18-7-11-23-37(31)56-46(43)44/h1-26H. The van der Waals surface area contributed by atoms with E-state index in [1.807, 2.05) is 84.9 Å². The van der Waals surface area contributed by atoms with Gasteiger partial charge in [-0.1, -0.05) is 115 Å². The zero-order valence-electron chi connectivity index (χ0n) is 29.5. The van der Waals surface area contributed by atoms with Crippen LogP contribution in [0.25, 0.3) is 127 Å². The molecule has 7 heteroatoms. The van der Waals surface area contributed by atoms with Gasteiger partial charge >= 0.3 is 0 Å². The molecule has 5 heterocycles. The van der Waals surface area contributed by atoms with Crippen LogP contribution in [-0.4, -0.2) is 19.5 Å². The molecule has 0 amide bonds. The maximum atomic E-state index is 6.93. The van der Waals surface area contributed by atoms with Gasteiger partial charge in [-0.3, -0.25) is 4.57 Å². The van der Waals surface area contributed by atoms with Gasteiger partial charge < -0.3 is 13.3 Å². The summed E-state index contributed by atoms with van der Waals surface area (Å²) >= 11 is 0. The molecule has 0 aliphatic rings. The molecule has 13 rings (SSSR count). The van der Waals surface area contributed by atoms with E-state index in [9.17, 15) is 0 Å². The van der Waals surface area contributed by atoms with Gasteiger partial charge in [-0.2, -0.15) is 9.97 Å². The fourth-order valence-corrected chi connectivity index (χ4v) is 8.94. The van der Waals surface area contributed by atoms with E-state index in [2.05, 4.69) is 77.4 Å². The molecule has 8 aromatic carbocycles. The predicted octanol–water partition coefficient (Wildman–Crippen LogP) is 13.2. The van der Waals surface area contributed by atoms with Crippen molar-refractivity contribution in [2.45, 2.75) is 0 Å². The van der Waals surface area contributed by atoms with Crippen LogP contribution in [-0.2, 0) is 0 Å². The molecule has 5 aromatic heterocycles. The molecule has 0 aliphatic heterocycles. The van der Waals surface area contributed by atoms with Gasteiger partial charge in [0.25, 0.3) is 0 Å². The molecule has 260 valence electrons. The van der Waals surface area contributed by atoms with E-state index in [0.29, 0.717) is 17.6 Å². The van der Waals surface area contributed by atoms with Gasteiger partial charge in [-0.25, -0.2) is 4.98 Å². The molecule has 0 unspecified atom stereocenters. The Bertz CT molecular complexity index is 3780. The highest BCUT2D eigenvalue weighted by molar-refractivity contribution is 6.40. The maximum absolute atomic E-state index is 6.93. The van der Waals surface area contributed by atoms with Gasteiger partial charge in [0.15, 0.2) is 11.6 Å². The minimum absolute atomic E-state index is 0.499. The lowest BCUT2D eigenvalue weighted by molar-refractivity contribution is 0.668. The average molecular weight is 719 g/mol. The van der Waals surface area contributed by atoms with Gasteiger partial charge in [0, 0.05) is 59.6 Å². The smallest absolute Gasteiger partial charge is 0.238 e. The van der Waals surface area contributed by atoms with E-state index in [-0.39, 0.29) is 0 Å². The molecule has 0 saturated heterocycles. The quantitative estimate of drug-likeness (QED) is 0.181. The van der Waals surface area contributed by atoms with Crippen molar-refractivity contribution in [3.8, 4) is 28.7 Å². The van der Waals surface area contributed by atoms with Crippen molar-refractivity contribution in [3.05, 3.63) is 158 Å². The minimum atomic E-state index is 0.499. The Morgan fingerprint density at radius 3 is 1.71 bits per heavy atom. The van der Waals surface area contributed by atoms with Crippen LogP contribution in [0.1, 0.15) is 0 Å². The average Bonchev–Trinajstić information content (AvgIpc) is 4.02. The Balaban J connectivity index is 1.24. The third-order valence-electron chi connectivity index (χ3n) is 11.2. The molecular formula is C49H26N4O3. The van der Waals surface area contributed by atoms with Crippen LogP contribution in [0.2, 0.25) is 0 Å². The lowest BCUT2D eigenvalue weighted by atomic mass is 9.96. The van der Waals surface area contributed by atoms with Gasteiger partial charge in [-0.15, -0.1) is 0 Å². The first-order valence-corrected chi connectivity index (χ1v) is 18.6. The summed E-state index contributed by atoms with van der Waals surface area (Å²) < 4.78 is 21.9. The fraction of sp³-hybridized carbons (Fsp3) is 0. The Morgan fingerprint density at radius 1 is 0.357 bits per heavy atom. The highest BCUT2D eigenvalue weighted by Crippen LogP contribution is 2.49. The van der Waals surface area contributed by atoms with Crippen LogP contribution in [0, 0.1) is 0 Å². The summed E-state index contributed by atoms with van der Waals surface area (Å²) in [5.74, 6) is 1.62. The number of furan rings is 3. The molecule has 0 spiro atoms. The van der Waals surface area contributed by atoms with Gasteiger partial charge in [-0.05, 0) is 42.5 Å². The molecule has 0 fully saturated rings. The molecule has 0 bridgehead atoms. The third kappa shape index (κ3) is 3.92. The van der Waals surface area contributed by atoms with E-state index in [1.165, 1.54) is 0 Å². The summed E-state index contributed by atoms with van der Waals surface area (Å²) in [6.07, 6.45) is 0. The molecular weight excluding hydrogens is 693 g/mol. The summed E-state index contributed by atoms with van der Waals surface area (Å²) in [6.45, 7) is 0. The number of aromatic nitrogens is 4. The Hall–Kier alpha value is -7.77. The SMILES string of the molecule is c1ccc(-c2nc(-c3cccc4oc5ccccc5c34)nc(-n3c4ccccc4c4c5oc6ccccc6c5c5c(ccc6oc7ccccc7c65)c43)n2)cc1. The molecule has 0 aliphatic carbocycles. The van der Waals surface area contributed by atoms with E-state index >= 15 is 0 Å². The molecule has 0 atom stereocenters. The monoisotopic (exact) mass is 718 g/mol. The molecule has 56 heavy (non-hydrogen) atoms. The molecule has 13 aromatic rings. The van der Waals surface area contributed by atoms with Crippen molar-refractivity contribution in [1.29, 1.82) is 0 Å². The number of fused-ring (bicyclic) bond motifs is 17.